The summed E-state index contributed by atoms with van der Waals surface area (Å²) >= 11 is 0. The highest BCUT2D eigenvalue weighted by molar-refractivity contribution is 5.95. The van der Waals surface area contributed by atoms with Crippen molar-refractivity contribution in [1.82, 2.24) is 5.32 Å². The molecular weight excluding hydrogens is 294 g/mol. The summed E-state index contributed by atoms with van der Waals surface area (Å²) in [5, 5.41) is 2.81. The molecule has 5 nitrogen and oxygen atoms in total. The van der Waals surface area contributed by atoms with Crippen molar-refractivity contribution in [2.75, 3.05) is 13.2 Å². The Balaban J connectivity index is 1.88. The highest BCUT2D eigenvalue weighted by atomic mass is 16.5. The molecule has 0 saturated carbocycles. The number of ether oxygens (including phenoxy) is 2. The standard InChI is InChI=1S/C18H23NO4/c1-4-22-16(20)6-5-11-19-17(21)14-7-8-15-13(12-14)9-10-18(2,3)23-15/h7-10,12H,4-6,11H2,1-3H3,(H,19,21). The molecule has 0 spiro atoms. The molecule has 1 heterocycles. The van der Waals surface area contributed by atoms with Crippen LogP contribution in [0.2, 0.25) is 0 Å². The van der Waals surface area contributed by atoms with Crippen molar-refractivity contribution < 1.29 is 19.1 Å². The fourth-order valence-electron chi connectivity index (χ4n) is 2.29. The normalized spacial score (nSPS) is 14.6. The molecule has 124 valence electrons. The summed E-state index contributed by atoms with van der Waals surface area (Å²) in [7, 11) is 0. The van der Waals surface area contributed by atoms with Gasteiger partial charge >= 0.3 is 5.97 Å². The summed E-state index contributed by atoms with van der Waals surface area (Å²) < 4.78 is 10.7. The Bertz CT molecular complexity index is 619. The van der Waals surface area contributed by atoms with Gasteiger partial charge in [0, 0.05) is 24.1 Å². The second-order valence-corrected chi connectivity index (χ2v) is 5.96. The molecule has 1 aromatic carbocycles. The number of esters is 1. The van der Waals surface area contributed by atoms with Crippen LogP contribution in [0.3, 0.4) is 0 Å². The van der Waals surface area contributed by atoms with Crippen molar-refractivity contribution in [3.05, 3.63) is 35.4 Å². The number of carbonyl (C=O) groups is 2. The lowest BCUT2D eigenvalue weighted by atomic mass is 10.0. The van der Waals surface area contributed by atoms with Gasteiger partial charge in [0.05, 0.1) is 6.61 Å². The minimum absolute atomic E-state index is 0.158. The Hall–Kier alpha value is -2.30. The fourth-order valence-corrected chi connectivity index (χ4v) is 2.29. The molecule has 0 atom stereocenters. The first-order chi connectivity index (χ1) is 10.9. The van der Waals surface area contributed by atoms with Gasteiger partial charge in [-0.3, -0.25) is 9.59 Å². The summed E-state index contributed by atoms with van der Waals surface area (Å²) in [4.78, 5) is 23.4. The van der Waals surface area contributed by atoms with E-state index in [1.54, 1.807) is 13.0 Å². The van der Waals surface area contributed by atoms with Crippen molar-refractivity contribution in [3.8, 4) is 5.75 Å². The van der Waals surface area contributed by atoms with E-state index >= 15 is 0 Å². The molecule has 1 aliphatic rings. The first-order valence-electron chi connectivity index (χ1n) is 7.87. The monoisotopic (exact) mass is 317 g/mol. The largest absolute Gasteiger partial charge is 0.483 e. The molecular formula is C18H23NO4. The van der Waals surface area contributed by atoms with Crippen LogP contribution in [0.5, 0.6) is 5.75 Å². The number of rotatable bonds is 6. The predicted molar refractivity (Wildman–Crippen MR) is 88.4 cm³/mol. The zero-order chi connectivity index (χ0) is 16.9. The third kappa shape index (κ3) is 4.84. The molecule has 1 aromatic rings. The van der Waals surface area contributed by atoms with Crippen LogP contribution in [0, 0.1) is 0 Å². The first kappa shape index (κ1) is 17.1. The maximum atomic E-state index is 12.1. The second-order valence-electron chi connectivity index (χ2n) is 5.96. The lowest BCUT2D eigenvalue weighted by Crippen LogP contribution is -2.28. The molecule has 23 heavy (non-hydrogen) atoms. The van der Waals surface area contributed by atoms with Crippen LogP contribution in [0.15, 0.2) is 24.3 Å². The minimum Gasteiger partial charge on any atom is -0.483 e. The van der Waals surface area contributed by atoms with Crippen LogP contribution < -0.4 is 10.1 Å². The third-order valence-corrected chi connectivity index (χ3v) is 3.46. The van der Waals surface area contributed by atoms with Crippen LogP contribution in [0.25, 0.3) is 6.08 Å². The molecule has 0 aromatic heterocycles. The first-order valence-corrected chi connectivity index (χ1v) is 7.87. The molecule has 2 rings (SSSR count). The van der Waals surface area contributed by atoms with E-state index in [0.29, 0.717) is 31.6 Å². The topological polar surface area (TPSA) is 64.6 Å². The van der Waals surface area contributed by atoms with E-state index in [1.165, 1.54) is 0 Å². The van der Waals surface area contributed by atoms with Gasteiger partial charge in [-0.15, -0.1) is 0 Å². The number of benzene rings is 1. The number of fused-ring (bicyclic) bond motifs is 1. The van der Waals surface area contributed by atoms with E-state index in [4.69, 9.17) is 9.47 Å². The maximum Gasteiger partial charge on any atom is 0.305 e. The molecule has 0 saturated heterocycles. The van der Waals surface area contributed by atoms with Gasteiger partial charge in [-0.1, -0.05) is 6.08 Å². The lowest BCUT2D eigenvalue weighted by molar-refractivity contribution is -0.143. The third-order valence-electron chi connectivity index (χ3n) is 3.46. The molecule has 0 aliphatic carbocycles. The van der Waals surface area contributed by atoms with E-state index in [2.05, 4.69) is 5.32 Å². The number of hydrogen-bond acceptors (Lipinski definition) is 4. The highest BCUT2D eigenvalue weighted by Gasteiger charge is 2.22. The molecule has 0 fully saturated rings. The molecule has 0 radical (unpaired) electrons. The molecule has 0 bridgehead atoms. The van der Waals surface area contributed by atoms with Crippen molar-refractivity contribution in [3.63, 3.8) is 0 Å². The van der Waals surface area contributed by atoms with Gasteiger partial charge in [0.2, 0.25) is 0 Å². The van der Waals surface area contributed by atoms with Gasteiger partial charge in [-0.05, 0) is 51.5 Å². The average molecular weight is 317 g/mol. The summed E-state index contributed by atoms with van der Waals surface area (Å²) in [5.74, 6) is 0.381. The Morgan fingerprint density at radius 3 is 2.83 bits per heavy atom. The summed E-state index contributed by atoms with van der Waals surface area (Å²) in [6.45, 7) is 6.56. The van der Waals surface area contributed by atoms with E-state index in [-0.39, 0.29) is 17.5 Å². The van der Waals surface area contributed by atoms with Crippen LogP contribution >= 0.6 is 0 Å². The summed E-state index contributed by atoms with van der Waals surface area (Å²) in [5.41, 5.74) is 1.14. The van der Waals surface area contributed by atoms with Crippen LogP contribution in [-0.4, -0.2) is 30.6 Å². The van der Waals surface area contributed by atoms with Gasteiger partial charge in [-0.25, -0.2) is 0 Å². The number of amides is 1. The molecule has 5 heteroatoms. The van der Waals surface area contributed by atoms with Crippen molar-refractivity contribution in [2.45, 2.75) is 39.2 Å². The minimum atomic E-state index is -0.329. The molecule has 0 unspecified atom stereocenters. The summed E-state index contributed by atoms with van der Waals surface area (Å²) in [6, 6.07) is 5.37. The van der Waals surface area contributed by atoms with Crippen LogP contribution in [0.1, 0.15) is 49.5 Å². The number of nitrogens with one attached hydrogen (secondary N) is 1. The van der Waals surface area contributed by atoms with Crippen molar-refractivity contribution >= 4 is 18.0 Å². The second kappa shape index (κ2) is 7.31. The van der Waals surface area contributed by atoms with Gasteiger partial charge in [0.1, 0.15) is 11.4 Å². The van der Waals surface area contributed by atoms with E-state index in [0.717, 1.165) is 11.3 Å². The Kier molecular flexibility index (Phi) is 5.42. The molecule has 1 aliphatic heterocycles. The SMILES string of the molecule is CCOC(=O)CCCNC(=O)c1ccc2c(c1)C=CC(C)(C)O2. The quantitative estimate of drug-likeness (QED) is 0.647. The maximum absolute atomic E-state index is 12.1. The fraction of sp³-hybridized carbons (Fsp3) is 0.444. The average Bonchev–Trinajstić information content (AvgIpc) is 2.50. The van der Waals surface area contributed by atoms with Gasteiger partial charge in [-0.2, -0.15) is 0 Å². The Morgan fingerprint density at radius 2 is 2.09 bits per heavy atom. The Morgan fingerprint density at radius 1 is 1.30 bits per heavy atom. The molecule has 1 N–H and O–H groups in total. The smallest absolute Gasteiger partial charge is 0.305 e. The van der Waals surface area contributed by atoms with Crippen LogP contribution in [0.4, 0.5) is 0 Å². The molecule has 1 amide bonds. The van der Waals surface area contributed by atoms with Crippen LogP contribution in [-0.2, 0) is 9.53 Å². The zero-order valence-electron chi connectivity index (χ0n) is 13.8. The summed E-state index contributed by atoms with van der Waals surface area (Å²) in [6.07, 6.45) is 4.81. The van der Waals surface area contributed by atoms with Gasteiger partial charge < -0.3 is 14.8 Å². The lowest BCUT2D eigenvalue weighted by Gasteiger charge is -2.27. The zero-order valence-corrected chi connectivity index (χ0v) is 13.8. The van der Waals surface area contributed by atoms with Crippen molar-refractivity contribution in [2.24, 2.45) is 0 Å². The number of carbonyl (C=O) groups excluding carboxylic acids is 2. The van der Waals surface area contributed by atoms with Gasteiger partial charge in [0.15, 0.2) is 0 Å². The highest BCUT2D eigenvalue weighted by Crippen LogP contribution is 2.31. The van der Waals surface area contributed by atoms with E-state index in [1.807, 2.05) is 38.1 Å². The number of hydrogen-bond donors (Lipinski definition) is 1. The van der Waals surface area contributed by atoms with E-state index in [9.17, 15) is 9.59 Å². The van der Waals surface area contributed by atoms with Gasteiger partial charge in [0.25, 0.3) is 5.91 Å². The Labute approximate surface area is 136 Å². The van der Waals surface area contributed by atoms with E-state index < -0.39 is 0 Å². The van der Waals surface area contributed by atoms with Crippen molar-refractivity contribution in [1.29, 1.82) is 0 Å². The predicted octanol–water partition coefficient (Wildman–Crippen LogP) is 2.94.